The number of rotatable bonds is 4. The monoisotopic (exact) mass is 330 g/mol. The van der Waals surface area contributed by atoms with E-state index in [0.29, 0.717) is 6.54 Å². The fourth-order valence-electron chi connectivity index (χ4n) is 2.11. The Hall–Kier alpha value is -1.75. The Morgan fingerprint density at radius 2 is 2.05 bits per heavy atom. The van der Waals surface area contributed by atoms with Crippen molar-refractivity contribution in [1.29, 1.82) is 0 Å². The Balaban J connectivity index is 1.83. The minimum Gasteiger partial charge on any atom is -0.251 e. The average Bonchev–Trinajstić information content (AvgIpc) is 2.95. The Kier molecular flexibility index (Phi) is 3.78. The SMILES string of the molecule is CCC(Br)c1cn(Cc2ccc3ccccc3n2)nn1. The molecule has 1 unspecified atom stereocenters. The summed E-state index contributed by atoms with van der Waals surface area (Å²) in [7, 11) is 0. The Morgan fingerprint density at radius 1 is 1.20 bits per heavy atom. The van der Waals surface area contributed by atoms with Gasteiger partial charge in [-0.2, -0.15) is 0 Å². The summed E-state index contributed by atoms with van der Waals surface area (Å²) < 4.78 is 1.83. The molecular weight excluding hydrogens is 316 g/mol. The van der Waals surface area contributed by atoms with E-state index in [0.717, 1.165) is 28.7 Å². The molecule has 0 aliphatic rings. The molecule has 0 bridgehead atoms. The maximum Gasteiger partial charge on any atom is 0.0963 e. The van der Waals surface area contributed by atoms with Crippen molar-refractivity contribution < 1.29 is 0 Å². The van der Waals surface area contributed by atoms with Gasteiger partial charge in [-0.1, -0.05) is 52.3 Å². The summed E-state index contributed by atoms with van der Waals surface area (Å²) in [6.07, 6.45) is 2.96. The second kappa shape index (κ2) is 5.71. The number of alkyl halides is 1. The first-order valence-electron chi connectivity index (χ1n) is 6.65. The molecule has 4 nitrogen and oxygen atoms in total. The summed E-state index contributed by atoms with van der Waals surface area (Å²) in [6.45, 7) is 2.75. The van der Waals surface area contributed by atoms with Gasteiger partial charge in [-0.05, 0) is 18.6 Å². The number of pyridine rings is 1. The number of aromatic nitrogens is 4. The molecule has 0 aliphatic heterocycles. The van der Waals surface area contributed by atoms with Crippen LogP contribution in [0.25, 0.3) is 10.9 Å². The van der Waals surface area contributed by atoms with Gasteiger partial charge in [0.15, 0.2) is 0 Å². The van der Waals surface area contributed by atoms with Crippen LogP contribution in [0.1, 0.15) is 29.6 Å². The van der Waals surface area contributed by atoms with Crippen LogP contribution in [0.5, 0.6) is 0 Å². The molecule has 0 spiro atoms. The molecule has 3 rings (SSSR count). The van der Waals surface area contributed by atoms with E-state index in [-0.39, 0.29) is 4.83 Å². The van der Waals surface area contributed by atoms with Gasteiger partial charge in [0.05, 0.1) is 34.5 Å². The number of para-hydroxylation sites is 1. The molecule has 2 aromatic heterocycles. The predicted molar refractivity (Wildman–Crippen MR) is 82.8 cm³/mol. The van der Waals surface area contributed by atoms with Gasteiger partial charge >= 0.3 is 0 Å². The van der Waals surface area contributed by atoms with Crippen LogP contribution >= 0.6 is 15.9 Å². The second-order valence-corrected chi connectivity index (χ2v) is 5.82. The minimum absolute atomic E-state index is 0.265. The van der Waals surface area contributed by atoms with Crippen molar-refractivity contribution in [2.75, 3.05) is 0 Å². The van der Waals surface area contributed by atoms with Crippen LogP contribution in [-0.2, 0) is 6.54 Å². The molecule has 0 aliphatic carbocycles. The lowest BCUT2D eigenvalue weighted by molar-refractivity contribution is 0.639. The third-order valence-electron chi connectivity index (χ3n) is 3.22. The average molecular weight is 331 g/mol. The summed E-state index contributed by atoms with van der Waals surface area (Å²) in [5, 5.41) is 9.50. The summed E-state index contributed by atoms with van der Waals surface area (Å²) in [5.41, 5.74) is 2.97. The van der Waals surface area contributed by atoms with Gasteiger partial charge in [0.2, 0.25) is 0 Å². The van der Waals surface area contributed by atoms with Crippen LogP contribution in [0, 0.1) is 0 Å². The van der Waals surface area contributed by atoms with E-state index in [4.69, 9.17) is 0 Å². The summed E-state index contributed by atoms with van der Waals surface area (Å²) in [6, 6.07) is 12.2. The number of halogens is 1. The lowest BCUT2D eigenvalue weighted by Gasteiger charge is -2.03. The highest BCUT2D eigenvalue weighted by Gasteiger charge is 2.10. The zero-order valence-corrected chi connectivity index (χ0v) is 12.8. The summed E-state index contributed by atoms with van der Waals surface area (Å²) >= 11 is 3.58. The molecule has 5 heteroatoms. The summed E-state index contributed by atoms with van der Waals surface area (Å²) in [5.74, 6) is 0. The van der Waals surface area contributed by atoms with Gasteiger partial charge in [0, 0.05) is 5.39 Å². The number of hydrogen-bond donors (Lipinski definition) is 0. The summed E-state index contributed by atoms with van der Waals surface area (Å²) in [4.78, 5) is 4.91. The molecule has 3 aromatic rings. The maximum atomic E-state index is 4.64. The largest absolute Gasteiger partial charge is 0.251 e. The van der Waals surface area contributed by atoms with Gasteiger partial charge in [-0.15, -0.1) is 5.10 Å². The van der Waals surface area contributed by atoms with Crippen LogP contribution in [0.15, 0.2) is 42.6 Å². The molecule has 102 valence electrons. The van der Waals surface area contributed by atoms with Crippen LogP contribution < -0.4 is 0 Å². The van der Waals surface area contributed by atoms with Crippen LogP contribution in [0.3, 0.4) is 0 Å². The first-order chi connectivity index (χ1) is 9.76. The predicted octanol–water partition coefficient (Wildman–Crippen LogP) is 3.72. The van der Waals surface area contributed by atoms with Gasteiger partial charge in [0.1, 0.15) is 0 Å². The molecule has 0 saturated heterocycles. The lowest BCUT2D eigenvalue weighted by Crippen LogP contribution is -2.02. The molecule has 2 heterocycles. The molecule has 1 atom stereocenters. The van der Waals surface area contributed by atoms with E-state index in [1.807, 2.05) is 35.1 Å². The fraction of sp³-hybridized carbons (Fsp3) is 0.267. The molecule has 0 amide bonds. The molecule has 20 heavy (non-hydrogen) atoms. The maximum absolute atomic E-state index is 4.64. The third kappa shape index (κ3) is 2.72. The van der Waals surface area contributed by atoms with Crippen LogP contribution in [0.2, 0.25) is 0 Å². The zero-order chi connectivity index (χ0) is 13.9. The van der Waals surface area contributed by atoms with Gasteiger partial charge in [-0.25, -0.2) is 4.68 Å². The molecule has 1 aromatic carbocycles. The highest BCUT2D eigenvalue weighted by atomic mass is 79.9. The molecule has 0 radical (unpaired) electrons. The quantitative estimate of drug-likeness (QED) is 0.685. The van der Waals surface area contributed by atoms with Gasteiger partial charge in [0.25, 0.3) is 0 Å². The van der Waals surface area contributed by atoms with Crippen molar-refractivity contribution in [3.8, 4) is 0 Å². The number of hydrogen-bond acceptors (Lipinski definition) is 3. The van der Waals surface area contributed by atoms with Gasteiger partial charge < -0.3 is 0 Å². The fourth-order valence-corrected chi connectivity index (χ4v) is 2.32. The van der Waals surface area contributed by atoms with Crippen molar-refractivity contribution in [3.05, 3.63) is 54.0 Å². The lowest BCUT2D eigenvalue weighted by atomic mass is 10.2. The van der Waals surface area contributed by atoms with Crippen molar-refractivity contribution in [3.63, 3.8) is 0 Å². The van der Waals surface area contributed by atoms with Crippen LogP contribution in [-0.4, -0.2) is 20.0 Å². The van der Waals surface area contributed by atoms with E-state index in [9.17, 15) is 0 Å². The van der Waals surface area contributed by atoms with E-state index in [1.54, 1.807) is 0 Å². The van der Waals surface area contributed by atoms with Crippen molar-refractivity contribution in [1.82, 2.24) is 20.0 Å². The van der Waals surface area contributed by atoms with E-state index in [1.165, 1.54) is 0 Å². The van der Waals surface area contributed by atoms with Crippen molar-refractivity contribution in [2.24, 2.45) is 0 Å². The standard InChI is InChI=1S/C15H15BrN4/c1-2-13(16)15-10-20(19-18-15)9-12-8-7-11-5-3-4-6-14(11)17-12/h3-8,10,13H,2,9H2,1H3. The first kappa shape index (κ1) is 13.2. The molecule has 0 fully saturated rings. The van der Waals surface area contributed by atoms with Crippen LogP contribution in [0.4, 0.5) is 0 Å². The Bertz CT molecular complexity index is 722. The Morgan fingerprint density at radius 3 is 2.90 bits per heavy atom. The zero-order valence-electron chi connectivity index (χ0n) is 11.2. The number of benzene rings is 1. The second-order valence-electron chi connectivity index (χ2n) is 4.71. The topological polar surface area (TPSA) is 43.6 Å². The van der Waals surface area contributed by atoms with Gasteiger partial charge in [-0.3, -0.25) is 4.98 Å². The van der Waals surface area contributed by atoms with E-state index in [2.05, 4.69) is 50.3 Å². The van der Waals surface area contributed by atoms with Crippen molar-refractivity contribution >= 4 is 26.8 Å². The highest BCUT2D eigenvalue weighted by molar-refractivity contribution is 9.09. The normalized spacial score (nSPS) is 12.7. The number of fused-ring (bicyclic) bond motifs is 1. The smallest absolute Gasteiger partial charge is 0.0963 e. The first-order valence-corrected chi connectivity index (χ1v) is 7.56. The Labute approximate surface area is 126 Å². The highest BCUT2D eigenvalue weighted by Crippen LogP contribution is 2.23. The molecule has 0 N–H and O–H groups in total. The van der Waals surface area contributed by atoms with Crippen molar-refractivity contribution in [2.45, 2.75) is 24.7 Å². The third-order valence-corrected chi connectivity index (χ3v) is 4.33. The molecular formula is C15H15BrN4. The molecule has 0 saturated carbocycles. The minimum atomic E-state index is 0.265. The number of nitrogens with zero attached hydrogens (tertiary/aromatic N) is 4. The van der Waals surface area contributed by atoms with E-state index >= 15 is 0 Å². The van der Waals surface area contributed by atoms with E-state index < -0.39 is 0 Å².